The zero-order valence-electron chi connectivity index (χ0n) is 33.8. The fourth-order valence-corrected chi connectivity index (χ4v) is 14.2. The van der Waals surface area contributed by atoms with Crippen LogP contribution in [0.3, 0.4) is 0 Å². The Balaban J connectivity index is 1.13. The second kappa shape index (κ2) is 15.6. The lowest BCUT2D eigenvalue weighted by molar-refractivity contribution is -0.262. The summed E-state index contributed by atoms with van der Waals surface area (Å²) in [5, 5.41) is 11.9. The maximum absolute atomic E-state index is 13.2. The normalized spacial score (nSPS) is 42.4. The van der Waals surface area contributed by atoms with Gasteiger partial charge in [-0.15, -0.1) is 0 Å². The predicted molar refractivity (Wildman–Crippen MR) is 206 cm³/mol. The number of esters is 1. The second-order valence-electron chi connectivity index (χ2n) is 20.2. The average Bonchev–Trinajstić information content (AvgIpc) is 3.40. The summed E-state index contributed by atoms with van der Waals surface area (Å²) in [4.78, 5) is 13.2. The van der Waals surface area contributed by atoms with Crippen LogP contribution in [0.1, 0.15) is 203 Å². The SMILES string of the molecule is C=C(C)C1CC[C@@]2(C)[C@H]1C1CC[C@@H]3[C@@]4(C)CC[C@H](OC(=O)CCCCCCCCCCCCCCC)C(C)(C)[C@@H]4CC[C@@]3(C)[C@]1(C)C[C@@H]2O. The number of hydrogen-bond acceptors (Lipinski definition) is 3. The molecule has 0 radical (unpaired) electrons. The molecule has 11 atom stereocenters. The quantitative estimate of drug-likeness (QED) is 0.100. The predicted octanol–water partition coefficient (Wildman–Crippen LogP) is 13.0. The molecule has 0 aromatic heterocycles. The Kier molecular flexibility index (Phi) is 12.6. The van der Waals surface area contributed by atoms with E-state index >= 15 is 0 Å². The summed E-state index contributed by atoms with van der Waals surface area (Å²) in [7, 11) is 0. The Bertz CT molecular complexity index is 1130. The Hall–Kier alpha value is -0.830. The highest BCUT2D eigenvalue weighted by molar-refractivity contribution is 5.69. The van der Waals surface area contributed by atoms with Crippen molar-refractivity contribution in [2.24, 2.45) is 56.7 Å². The Morgan fingerprint density at radius 2 is 1.27 bits per heavy atom. The van der Waals surface area contributed by atoms with E-state index in [0.717, 1.165) is 38.5 Å². The summed E-state index contributed by atoms with van der Waals surface area (Å²) in [6, 6.07) is 0. The molecule has 3 heteroatoms. The molecule has 5 aliphatic carbocycles. The van der Waals surface area contributed by atoms with Gasteiger partial charge in [0.25, 0.3) is 0 Å². The van der Waals surface area contributed by atoms with Crippen molar-refractivity contribution in [3.63, 3.8) is 0 Å². The number of carbonyl (C=O) groups excluding carboxylic acids is 1. The van der Waals surface area contributed by atoms with Crippen molar-refractivity contribution in [3.05, 3.63) is 12.2 Å². The summed E-state index contributed by atoms with van der Waals surface area (Å²) < 4.78 is 6.40. The van der Waals surface area contributed by atoms with Crippen molar-refractivity contribution >= 4 is 5.97 Å². The van der Waals surface area contributed by atoms with Gasteiger partial charge < -0.3 is 9.84 Å². The number of unbranched alkanes of at least 4 members (excludes halogenated alkanes) is 12. The van der Waals surface area contributed by atoms with Crippen LogP contribution in [0.4, 0.5) is 0 Å². The molecule has 1 N–H and O–H groups in total. The molecular weight excluding hydrogens is 601 g/mol. The smallest absolute Gasteiger partial charge is 0.306 e. The molecule has 282 valence electrons. The summed E-state index contributed by atoms with van der Waals surface area (Å²) in [5.74, 6) is 3.05. The molecule has 3 nitrogen and oxygen atoms in total. The molecular formula is C46H80O3. The van der Waals surface area contributed by atoms with E-state index in [0.29, 0.717) is 36.0 Å². The molecule has 5 aliphatic rings. The second-order valence-corrected chi connectivity index (χ2v) is 20.2. The fourth-order valence-electron chi connectivity index (χ4n) is 14.2. The topological polar surface area (TPSA) is 46.5 Å². The maximum Gasteiger partial charge on any atom is 0.306 e. The van der Waals surface area contributed by atoms with Gasteiger partial charge in [-0.2, -0.15) is 0 Å². The van der Waals surface area contributed by atoms with E-state index < -0.39 is 0 Å². The molecule has 5 saturated carbocycles. The highest BCUT2D eigenvalue weighted by atomic mass is 16.5. The number of carbonyl (C=O) groups is 1. The third kappa shape index (κ3) is 7.26. The van der Waals surface area contributed by atoms with Crippen LogP contribution >= 0.6 is 0 Å². The van der Waals surface area contributed by atoms with Crippen LogP contribution in [0.25, 0.3) is 0 Å². The first-order chi connectivity index (χ1) is 23.2. The fraction of sp³-hybridized carbons (Fsp3) is 0.935. The van der Waals surface area contributed by atoms with E-state index in [4.69, 9.17) is 4.74 Å². The van der Waals surface area contributed by atoms with Gasteiger partial charge in [-0.25, -0.2) is 0 Å². The van der Waals surface area contributed by atoms with Crippen molar-refractivity contribution in [1.82, 2.24) is 0 Å². The minimum absolute atomic E-state index is 0.0150. The van der Waals surface area contributed by atoms with E-state index in [1.807, 2.05) is 0 Å². The standard InChI is InChI=1S/C46H80O3/c1-10-11-12-13-14-15-16-17-18-19-20-21-22-23-40(48)49-39-28-30-43(6)36(42(39,4)5)27-31-45(8)37(43)25-24-35-41-34(33(2)3)26-29-44(41,7)38(47)32-46(35,45)9/h34-39,41,47H,2,10-32H2,1,3-9H3/t34?,35?,36-,37+,38-,39-,41+,43-,44+,45+,46+/m0/s1. The van der Waals surface area contributed by atoms with Gasteiger partial charge in [0.05, 0.1) is 6.10 Å². The number of allylic oxidation sites excluding steroid dienone is 1. The minimum Gasteiger partial charge on any atom is -0.462 e. The van der Waals surface area contributed by atoms with Crippen molar-refractivity contribution in [2.45, 2.75) is 215 Å². The van der Waals surface area contributed by atoms with E-state index in [1.54, 1.807) is 0 Å². The molecule has 0 spiro atoms. The number of hydrogen-bond donors (Lipinski definition) is 1. The number of aliphatic hydroxyl groups is 1. The zero-order chi connectivity index (χ0) is 35.7. The molecule has 49 heavy (non-hydrogen) atoms. The lowest BCUT2D eigenvalue weighted by Gasteiger charge is -2.73. The lowest BCUT2D eigenvalue weighted by Crippen LogP contribution is -2.68. The highest BCUT2D eigenvalue weighted by Gasteiger charge is 2.72. The van der Waals surface area contributed by atoms with Gasteiger partial charge in [-0.1, -0.05) is 138 Å². The van der Waals surface area contributed by atoms with Crippen LogP contribution in [0.2, 0.25) is 0 Å². The van der Waals surface area contributed by atoms with Crippen molar-refractivity contribution in [3.8, 4) is 0 Å². The van der Waals surface area contributed by atoms with Crippen molar-refractivity contribution in [1.29, 1.82) is 0 Å². The molecule has 0 aliphatic heterocycles. The maximum atomic E-state index is 13.2. The van der Waals surface area contributed by atoms with E-state index in [9.17, 15) is 9.90 Å². The first kappa shape index (κ1) is 39.4. The van der Waals surface area contributed by atoms with Crippen LogP contribution in [0.15, 0.2) is 12.2 Å². The summed E-state index contributed by atoms with van der Waals surface area (Å²) >= 11 is 0. The van der Waals surface area contributed by atoms with Gasteiger partial charge in [0.1, 0.15) is 6.10 Å². The van der Waals surface area contributed by atoms with Crippen LogP contribution in [-0.4, -0.2) is 23.3 Å². The molecule has 2 unspecified atom stereocenters. The van der Waals surface area contributed by atoms with Crippen LogP contribution in [0.5, 0.6) is 0 Å². The van der Waals surface area contributed by atoms with Gasteiger partial charge in [0.2, 0.25) is 0 Å². The largest absolute Gasteiger partial charge is 0.462 e. The zero-order valence-corrected chi connectivity index (χ0v) is 33.8. The molecule has 0 aromatic rings. The van der Waals surface area contributed by atoms with Gasteiger partial charge >= 0.3 is 5.97 Å². The summed E-state index contributed by atoms with van der Waals surface area (Å²) in [6.07, 6.45) is 28.2. The van der Waals surface area contributed by atoms with Gasteiger partial charge in [0, 0.05) is 11.8 Å². The first-order valence-corrected chi connectivity index (χ1v) is 21.7. The minimum atomic E-state index is -0.217. The molecule has 0 amide bonds. The molecule has 5 rings (SSSR count). The third-order valence-corrected chi connectivity index (χ3v) is 17.3. The van der Waals surface area contributed by atoms with Crippen molar-refractivity contribution in [2.75, 3.05) is 0 Å². The first-order valence-electron chi connectivity index (χ1n) is 21.7. The van der Waals surface area contributed by atoms with Crippen molar-refractivity contribution < 1.29 is 14.6 Å². The van der Waals surface area contributed by atoms with Crippen LogP contribution < -0.4 is 0 Å². The summed E-state index contributed by atoms with van der Waals surface area (Å²) in [6.45, 7) is 24.2. The Morgan fingerprint density at radius 1 is 0.694 bits per heavy atom. The number of aliphatic hydroxyl groups excluding tert-OH is 1. The molecule has 0 heterocycles. The molecule has 0 saturated heterocycles. The number of rotatable bonds is 16. The van der Waals surface area contributed by atoms with E-state index in [-0.39, 0.29) is 45.3 Å². The van der Waals surface area contributed by atoms with Gasteiger partial charge in [-0.3, -0.25) is 4.79 Å². The van der Waals surface area contributed by atoms with Gasteiger partial charge in [0.15, 0.2) is 0 Å². The third-order valence-electron chi connectivity index (χ3n) is 17.3. The average molecular weight is 681 g/mol. The Morgan fingerprint density at radius 3 is 1.86 bits per heavy atom. The lowest BCUT2D eigenvalue weighted by atomic mass is 9.32. The Labute approximate surface area is 304 Å². The van der Waals surface area contributed by atoms with Crippen LogP contribution in [0, 0.1) is 56.7 Å². The molecule has 0 aromatic carbocycles. The van der Waals surface area contributed by atoms with E-state index in [2.05, 4.69) is 62.0 Å². The van der Waals surface area contributed by atoms with Gasteiger partial charge in [-0.05, 0) is 122 Å². The summed E-state index contributed by atoms with van der Waals surface area (Å²) in [5.41, 5.74) is 1.98. The van der Waals surface area contributed by atoms with E-state index in [1.165, 1.54) is 108 Å². The molecule has 0 bridgehead atoms. The highest BCUT2D eigenvalue weighted by Crippen LogP contribution is 2.77. The number of ether oxygens (including phenoxy) is 1. The number of fused-ring (bicyclic) bond motifs is 7. The molecule has 5 fully saturated rings. The monoisotopic (exact) mass is 681 g/mol. The van der Waals surface area contributed by atoms with Crippen LogP contribution in [-0.2, 0) is 9.53 Å².